The van der Waals surface area contributed by atoms with Gasteiger partial charge in [-0.25, -0.2) is 13.4 Å². The molecule has 0 unspecified atom stereocenters. The zero-order chi connectivity index (χ0) is 22.7. The number of benzene rings is 3. The zero-order valence-corrected chi connectivity index (χ0v) is 19.6. The van der Waals surface area contributed by atoms with Gasteiger partial charge in [0.15, 0.2) is 15.0 Å². The van der Waals surface area contributed by atoms with Crippen LogP contribution in [0.4, 0.5) is 5.13 Å². The van der Waals surface area contributed by atoms with E-state index >= 15 is 0 Å². The maximum absolute atomic E-state index is 13.4. The second-order valence-corrected chi connectivity index (χ2v) is 10.9. The molecule has 1 aromatic heterocycles. The molecule has 7 heteroatoms. The van der Waals surface area contributed by atoms with Gasteiger partial charge in [0.2, 0.25) is 5.91 Å². The molecule has 1 heterocycles. The number of para-hydroxylation sites is 1. The minimum atomic E-state index is -3.27. The van der Waals surface area contributed by atoms with Crippen molar-refractivity contribution in [2.75, 3.05) is 10.7 Å². The average molecular weight is 465 g/mol. The summed E-state index contributed by atoms with van der Waals surface area (Å²) in [4.78, 5) is 20.2. The molecule has 5 nitrogen and oxygen atoms in total. The zero-order valence-electron chi connectivity index (χ0n) is 18.0. The van der Waals surface area contributed by atoms with E-state index in [1.165, 1.54) is 11.3 Å². The van der Waals surface area contributed by atoms with E-state index in [0.717, 1.165) is 26.9 Å². The number of amides is 1. The Balaban J connectivity index is 1.64. The Morgan fingerprint density at radius 2 is 1.66 bits per heavy atom. The van der Waals surface area contributed by atoms with Crippen molar-refractivity contribution in [3.63, 3.8) is 0 Å². The number of aryl methyl sites for hydroxylation is 1. The van der Waals surface area contributed by atoms with Crippen LogP contribution in [-0.2, 0) is 27.6 Å². The first-order valence-corrected chi connectivity index (χ1v) is 12.9. The first-order valence-electron chi connectivity index (χ1n) is 10.4. The third-order valence-corrected chi connectivity index (χ3v) is 8.14. The maximum atomic E-state index is 13.4. The Kier molecular flexibility index (Phi) is 6.39. The number of nitrogens with zero attached hydrogens (tertiary/aromatic N) is 2. The molecule has 1 amide bonds. The lowest BCUT2D eigenvalue weighted by molar-refractivity contribution is -0.118. The van der Waals surface area contributed by atoms with Crippen molar-refractivity contribution in [3.8, 4) is 0 Å². The van der Waals surface area contributed by atoms with E-state index < -0.39 is 9.84 Å². The number of aromatic nitrogens is 1. The Labute approximate surface area is 192 Å². The molecule has 0 saturated heterocycles. The lowest BCUT2D eigenvalue weighted by Gasteiger charge is -2.20. The number of carbonyl (C=O) groups is 1. The van der Waals surface area contributed by atoms with Gasteiger partial charge < -0.3 is 0 Å². The lowest BCUT2D eigenvalue weighted by atomic mass is 10.1. The molecule has 0 saturated carbocycles. The topological polar surface area (TPSA) is 67.3 Å². The standard InChI is InChI=1S/C25H24N2O3S2/c1-3-32(29,30)21-14-12-19(13-15-21)16-23(28)27(17-20-9-5-4-6-10-20)25-26-24-18(2)8-7-11-22(24)31-25/h4-15H,3,16-17H2,1-2H3. The van der Waals surface area contributed by atoms with Crippen LogP contribution in [0, 0.1) is 6.92 Å². The number of carbonyl (C=O) groups excluding carboxylic acids is 1. The molecular formula is C25H24N2O3S2. The highest BCUT2D eigenvalue weighted by molar-refractivity contribution is 7.91. The summed E-state index contributed by atoms with van der Waals surface area (Å²) in [5.41, 5.74) is 3.76. The lowest BCUT2D eigenvalue weighted by Crippen LogP contribution is -2.31. The molecule has 4 aromatic rings. The van der Waals surface area contributed by atoms with Crippen LogP contribution in [0.3, 0.4) is 0 Å². The highest BCUT2D eigenvalue weighted by Gasteiger charge is 2.21. The van der Waals surface area contributed by atoms with Crippen molar-refractivity contribution in [3.05, 3.63) is 89.5 Å². The fraction of sp³-hybridized carbons (Fsp3) is 0.200. The van der Waals surface area contributed by atoms with Crippen LogP contribution in [0.1, 0.15) is 23.6 Å². The molecule has 3 aromatic carbocycles. The quantitative estimate of drug-likeness (QED) is 0.378. The Morgan fingerprint density at radius 3 is 2.31 bits per heavy atom. The number of hydrogen-bond acceptors (Lipinski definition) is 5. The van der Waals surface area contributed by atoms with Gasteiger partial charge in [-0.15, -0.1) is 0 Å². The Hall–Kier alpha value is -3.03. The minimum Gasteiger partial charge on any atom is -0.283 e. The molecular weight excluding hydrogens is 440 g/mol. The summed E-state index contributed by atoms with van der Waals surface area (Å²) in [5.74, 6) is -0.0377. The average Bonchev–Trinajstić information content (AvgIpc) is 3.24. The van der Waals surface area contributed by atoms with Gasteiger partial charge in [-0.1, -0.05) is 72.9 Å². The summed E-state index contributed by atoms with van der Waals surface area (Å²) in [6.45, 7) is 4.05. The first kappa shape index (κ1) is 22.2. The van der Waals surface area contributed by atoms with Gasteiger partial charge in [-0.05, 0) is 41.8 Å². The summed E-state index contributed by atoms with van der Waals surface area (Å²) < 4.78 is 25.2. The predicted molar refractivity (Wildman–Crippen MR) is 130 cm³/mol. The Morgan fingerprint density at radius 1 is 0.938 bits per heavy atom. The molecule has 4 rings (SSSR count). The third-order valence-electron chi connectivity index (χ3n) is 5.34. The summed E-state index contributed by atoms with van der Waals surface area (Å²) >= 11 is 1.50. The van der Waals surface area contributed by atoms with Crippen molar-refractivity contribution in [2.24, 2.45) is 0 Å². The molecule has 164 valence electrons. The summed E-state index contributed by atoms with van der Waals surface area (Å²) in [7, 11) is -3.27. The van der Waals surface area contributed by atoms with E-state index in [9.17, 15) is 13.2 Å². The fourth-order valence-electron chi connectivity index (χ4n) is 3.47. The first-order chi connectivity index (χ1) is 15.4. The van der Waals surface area contributed by atoms with Crippen LogP contribution in [0.2, 0.25) is 0 Å². The monoisotopic (exact) mass is 464 g/mol. The van der Waals surface area contributed by atoms with Crippen molar-refractivity contribution in [1.29, 1.82) is 0 Å². The second-order valence-electron chi connectivity index (χ2n) is 7.61. The van der Waals surface area contributed by atoms with E-state index in [1.807, 2.05) is 55.5 Å². The van der Waals surface area contributed by atoms with Crippen molar-refractivity contribution in [1.82, 2.24) is 4.98 Å². The van der Waals surface area contributed by atoms with Crippen LogP contribution < -0.4 is 4.90 Å². The summed E-state index contributed by atoms with van der Waals surface area (Å²) in [6.07, 6.45) is 0.161. The van der Waals surface area contributed by atoms with Gasteiger partial charge in [0.1, 0.15) is 0 Å². The summed E-state index contributed by atoms with van der Waals surface area (Å²) in [5, 5.41) is 0.660. The molecule has 32 heavy (non-hydrogen) atoms. The van der Waals surface area contributed by atoms with Crippen LogP contribution in [0.25, 0.3) is 10.2 Å². The number of hydrogen-bond donors (Lipinski definition) is 0. The van der Waals surface area contributed by atoms with E-state index in [-0.39, 0.29) is 23.0 Å². The number of anilines is 1. The van der Waals surface area contributed by atoms with Gasteiger partial charge in [-0.3, -0.25) is 9.69 Å². The number of fused-ring (bicyclic) bond motifs is 1. The van der Waals surface area contributed by atoms with Crippen LogP contribution in [-0.4, -0.2) is 25.1 Å². The van der Waals surface area contributed by atoms with Crippen LogP contribution in [0.5, 0.6) is 0 Å². The molecule has 0 fully saturated rings. The van der Waals surface area contributed by atoms with Crippen molar-refractivity contribution < 1.29 is 13.2 Å². The molecule has 0 N–H and O–H groups in total. The van der Waals surface area contributed by atoms with Gasteiger partial charge >= 0.3 is 0 Å². The highest BCUT2D eigenvalue weighted by Crippen LogP contribution is 2.32. The normalized spacial score (nSPS) is 11.6. The van der Waals surface area contributed by atoms with Crippen molar-refractivity contribution >= 4 is 42.4 Å². The smallest absolute Gasteiger partial charge is 0.233 e. The molecule has 0 aliphatic rings. The SMILES string of the molecule is CCS(=O)(=O)c1ccc(CC(=O)N(Cc2ccccc2)c2nc3c(C)cccc3s2)cc1. The fourth-order valence-corrected chi connectivity index (χ4v) is 5.41. The number of thiazole rings is 1. The van der Waals surface area contributed by atoms with Gasteiger partial charge in [0.25, 0.3) is 0 Å². The maximum Gasteiger partial charge on any atom is 0.233 e. The second kappa shape index (κ2) is 9.22. The Bertz CT molecular complexity index is 1350. The highest BCUT2D eigenvalue weighted by atomic mass is 32.2. The van der Waals surface area contributed by atoms with E-state index in [1.54, 1.807) is 36.1 Å². The molecule has 0 spiro atoms. The summed E-state index contributed by atoms with van der Waals surface area (Å²) in [6, 6.07) is 22.4. The minimum absolute atomic E-state index is 0.0488. The predicted octanol–water partition coefficient (Wildman–Crippen LogP) is 5.17. The van der Waals surface area contributed by atoms with Gasteiger partial charge in [0, 0.05) is 0 Å². The molecule has 0 atom stereocenters. The largest absolute Gasteiger partial charge is 0.283 e. The van der Waals surface area contributed by atoms with E-state index in [2.05, 4.69) is 0 Å². The van der Waals surface area contributed by atoms with Gasteiger partial charge in [-0.2, -0.15) is 0 Å². The van der Waals surface area contributed by atoms with Crippen molar-refractivity contribution in [2.45, 2.75) is 31.7 Å². The third kappa shape index (κ3) is 4.74. The van der Waals surface area contributed by atoms with Gasteiger partial charge in [0.05, 0.1) is 33.8 Å². The number of sulfone groups is 1. The molecule has 0 bridgehead atoms. The van der Waals surface area contributed by atoms with E-state index in [4.69, 9.17) is 4.98 Å². The van der Waals surface area contributed by atoms with E-state index in [0.29, 0.717) is 11.7 Å². The van der Waals surface area contributed by atoms with Crippen LogP contribution in [0.15, 0.2) is 77.7 Å². The molecule has 0 radical (unpaired) electrons. The molecule has 0 aliphatic carbocycles. The molecule has 0 aliphatic heterocycles. The van der Waals surface area contributed by atoms with Crippen LogP contribution >= 0.6 is 11.3 Å². The number of rotatable bonds is 7.